The molecule has 0 aliphatic carbocycles. The van der Waals surface area contributed by atoms with Gasteiger partial charge in [-0.3, -0.25) is 9.69 Å². The Morgan fingerprint density at radius 2 is 1.43 bits per heavy atom. The Hall–Kier alpha value is -3.51. The zero-order valence-corrected chi connectivity index (χ0v) is 26.4. The first kappa shape index (κ1) is 41.5. The number of aliphatic hydroxyl groups is 1. The van der Waals surface area contributed by atoms with Crippen LogP contribution >= 0.6 is 23.2 Å². The molecule has 0 aromatic heterocycles. The molecule has 0 bridgehead atoms. The Bertz CT molecular complexity index is 1310. The number of aromatic hydroxyl groups is 1. The predicted octanol–water partition coefficient (Wildman–Crippen LogP) is 5.31. The Kier molecular flexibility index (Phi) is 16.0. The summed E-state index contributed by atoms with van der Waals surface area (Å²) in [6.45, 7) is 6.15. The molecule has 1 atom stereocenters. The molecule has 2 aromatic carbocycles. The van der Waals surface area contributed by atoms with Gasteiger partial charge in [0.05, 0.1) is 5.69 Å². The number of alkyl halides is 6. The lowest BCUT2D eigenvalue weighted by atomic mass is 10.0. The molecule has 2 aromatic rings. The lowest BCUT2D eigenvalue weighted by molar-refractivity contribution is -0.193. The molecule has 1 aliphatic rings. The van der Waals surface area contributed by atoms with E-state index in [1.54, 1.807) is 6.92 Å². The summed E-state index contributed by atoms with van der Waals surface area (Å²) >= 11 is 12.1. The smallest absolute Gasteiger partial charge is 0.490 e. The van der Waals surface area contributed by atoms with Gasteiger partial charge in [0, 0.05) is 31.1 Å². The summed E-state index contributed by atoms with van der Waals surface area (Å²) in [5.74, 6) is -5.84. The van der Waals surface area contributed by atoms with Crippen molar-refractivity contribution in [3.63, 3.8) is 0 Å². The van der Waals surface area contributed by atoms with Gasteiger partial charge in [0.15, 0.2) is 5.75 Å². The molecule has 11 nitrogen and oxygen atoms in total. The summed E-state index contributed by atoms with van der Waals surface area (Å²) in [5.41, 5.74) is 0.403. The minimum absolute atomic E-state index is 0.0157. The van der Waals surface area contributed by atoms with E-state index in [4.69, 9.17) is 47.7 Å². The largest absolute Gasteiger partial charge is 0.506 e. The van der Waals surface area contributed by atoms with Crippen LogP contribution in [0.15, 0.2) is 36.4 Å². The number of rotatable bonds is 9. The van der Waals surface area contributed by atoms with Gasteiger partial charge in [-0.15, -0.1) is 0 Å². The topological polar surface area (TPSA) is 169 Å². The standard InChI is InChI=1S/C24H31Cl2N3O4.2C2HF3O2/c1-16(30)28-20-7-8-21(31)22(26)23(20)33-15-24(2,32)14-27-19-9-11-29(12-10-19)13-17-3-5-18(25)6-4-17;2*3-2(4,5)1(6)7/h3-8,19,27,31-32H,9-15H2,1-2H3,(H,28,30);2*(H,6,7)/t24-;;/m0../s1. The number of nitrogens with one attached hydrogen (secondary N) is 2. The van der Waals surface area contributed by atoms with E-state index in [-0.39, 0.29) is 29.0 Å². The third-order valence-electron chi connectivity index (χ3n) is 6.08. The molecule has 1 amide bonds. The van der Waals surface area contributed by atoms with Crippen LogP contribution in [0.4, 0.5) is 32.0 Å². The molecule has 3 rings (SSSR count). The normalized spacial score (nSPS) is 15.2. The molecule has 1 fully saturated rings. The lowest BCUT2D eigenvalue weighted by Crippen LogP contribution is -2.49. The molecule has 47 heavy (non-hydrogen) atoms. The van der Waals surface area contributed by atoms with Crippen LogP contribution in [-0.2, 0) is 20.9 Å². The second-order valence-electron chi connectivity index (χ2n) is 10.4. The van der Waals surface area contributed by atoms with E-state index in [0.29, 0.717) is 18.3 Å². The minimum atomic E-state index is -5.08. The van der Waals surface area contributed by atoms with Crippen molar-refractivity contribution in [3.05, 3.63) is 52.0 Å². The van der Waals surface area contributed by atoms with Gasteiger partial charge in [-0.25, -0.2) is 9.59 Å². The van der Waals surface area contributed by atoms with Crippen molar-refractivity contribution in [2.75, 3.05) is 31.6 Å². The number of benzene rings is 2. The van der Waals surface area contributed by atoms with Crippen LogP contribution < -0.4 is 15.4 Å². The van der Waals surface area contributed by atoms with Crippen molar-refractivity contribution < 1.29 is 65.9 Å². The van der Waals surface area contributed by atoms with E-state index in [9.17, 15) is 41.4 Å². The van der Waals surface area contributed by atoms with E-state index < -0.39 is 29.9 Å². The van der Waals surface area contributed by atoms with Crippen molar-refractivity contribution in [1.29, 1.82) is 0 Å². The Morgan fingerprint density at radius 3 is 1.87 bits per heavy atom. The third-order valence-corrected chi connectivity index (χ3v) is 6.70. The van der Waals surface area contributed by atoms with Gasteiger partial charge >= 0.3 is 24.3 Å². The fourth-order valence-corrected chi connectivity index (χ4v) is 4.11. The first-order valence-electron chi connectivity index (χ1n) is 13.5. The van der Waals surface area contributed by atoms with Gasteiger partial charge in [0.1, 0.15) is 23.0 Å². The Morgan fingerprint density at radius 1 is 0.936 bits per heavy atom. The number of nitrogens with zero attached hydrogens (tertiary/aromatic N) is 1. The van der Waals surface area contributed by atoms with Gasteiger partial charge in [-0.2, -0.15) is 26.3 Å². The maximum absolute atomic E-state index is 11.4. The summed E-state index contributed by atoms with van der Waals surface area (Å²) in [7, 11) is 0. The number of carbonyl (C=O) groups excluding carboxylic acids is 1. The molecule has 19 heteroatoms. The molecular weight excluding hydrogens is 691 g/mol. The van der Waals surface area contributed by atoms with Gasteiger partial charge in [0.25, 0.3) is 0 Å². The molecule has 0 saturated carbocycles. The third kappa shape index (κ3) is 16.2. The second kappa shape index (κ2) is 18.1. The molecule has 0 radical (unpaired) electrons. The lowest BCUT2D eigenvalue weighted by Gasteiger charge is -2.34. The van der Waals surface area contributed by atoms with Crippen molar-refractivity contribution in [2.24, 2.45) is 0 Å². The predicted molar refractivity (Wildman–Crippen MR) is 159 cm³/mol. The van der Waals surface area contributed by atoms with Crippen LogP contribution in [0.25, 0.3) is 0 Å². The number of anilines is 1. The number of phenols is 1. The Balaban J connectivity index is 0.000000658. The van der Waals surface area contributed by atoms with Crippen molar-refractivity contribution in [2.45, 2.75) is 57.2 Å². The number of carbonyl (C=O) groups is 3. The molecule has 6 N–H and O–H groups in total. The number of aliphatic carboxylic acids is 2. The zero-order valence-electron chi connectivity index (χ0n) is 24.9. The number of halogens is 8. The quantitative estimate of drug-likeness (QED) is 0.147. The number of ether oxygens (including phenoxy) is 1. The Labute approximate surface area is 275 Å². The average molecular weight is 724 g/mol. The number of carboxylic acids is 2. The number of phenolic OH excluding ortho intramolecular Hbond substituents is 1. The molecular formula is C28H33Cl2F6N3O8. The van der Waals surface area contributed by atoms with Gasteiger partial charge in [0.2, 0.25) is 5.91 Å². The summed E-state index contributed by atoms with van der Waals surface area (Å²) in [6.07, 6.45) is -8.20. The minimum Gasteiger partial charge on any atom is -0.506 e. The maximum atomic E-state index is 11.4. The van der Waals surface area contributed by atoms with E-state index in [0.717, 1.165) is 37.5 Å². The highest BCUT2D eigenvalue weighted by atomic mass is 35.5. The SMILES string of the molecule is CC(=O)Nc1ccc(O)c(Cl)c1OC[C@@](C)(O)CNC1CCN(Cc2ccc(Cl)cc2)CC1.O=C(O)C(F)(F)F.O=C(O)C(F)(F)F. The van der Waals surface area contributed by atoms with Crippen LogP contribution in [0, 0.1) is 0 Å². The molecule has 1 heterocycles. The van der Waals surface area contributed by atoms with Crippen LogP contribution in [-0.4, -0.2) is 93.4 Å². The average Bonchev–Trinajstić information content (AvgIpc) is 2.95. The number of carboxylic acid groups (broad SMARTS) is 2. The molecule has 264 valence electrons. The number of amides is 1. The van der Waals surface area contributed by atoms with Crippen molar-refractivity contribution >= 4 is 46.7 Å². The van der Waals surface area contributed by atoms with E-state index in [2.05, 4.69) is 27.7 Å². The highest BCUT2D eigenvalue weighted by Crippen LogP contribution is 2.40. The highest BCUT2D eigenvalue weighted by Gasteiger charge is 2.39. The molecule has 1 saturated heterocycles. The molecule has 0 spiro atoms. The van der Waals surface area contributed by atoms with Crippen LogP contribution in [0.1, 0.15) is 32.3 Å². The molecule has 1 aliphatic heterocycles. The fraction of sp³-hybridized carbons (Fsp3) is 0.464. The van der Waals surface area contributed by atoms with Crippen LogP contribution in [0.3, 0.4) is 0 Å². The molecule has 0 unspecified atom stereocenters. The van der Waals surface area contributed by atoms with Gasteiger partial charge in [-0.1, -0.05) is 35.3 Å². The number of hydrogen-bond acceptors (Lipinski definition) is 8. The van der Waals surface area contributed by atoms with Gasteiger partial charge < -0.3 is 35.8 Å². The first-order valence-corrected chi connectivity index (χ1v) is 14.2. The van der Waals surface area contributed by atoms with E-state index >= 15 is 0 Å². The number of hydrogen-bond donors (Lipinski definition) is 6. The van der Waals surface area contributed by atoms with Crippen LogP contribution in [0.5, 0.6) is 11.5 Å². The second-order valence-corrected chi connectivity index (χ2v) is 11.2. The van der Waals surface area contributed by atoms with Crippen molar-refractivity contribution in [1.82, 2.24) is 10.2 Å². The summed E-state index contributed by atoms with van der Waals surface area (Å²) in [4.78, 5) is 31.6. The maximum Gasteiger partial charge on any atom is 0.490 e. The van der Waals surface area contributed by atoms with E-state index in [1.165, 1.54) is 24.6 Å². The van der Waals surface area contributed by atoms with Gasteiger partial charge in [-0.05, 0) is 62.7 Å². The van der Waals surface area contributed by atoms with E-state index in [1.807, 2.05) is 12.1 Å². The monoisotopic (exact) mass is 723 g/mol. The number of piperidine rings is 1. The number of likely N-dealkylation sites (tertiary alicyclic amines) is 1. The first-order chi connectivity index (χ1) is 21.5. The van der Waals surface area contributed by atoms with Crippen LogP contribution in [0.2, 0.25) is 10.0 Å². The van der Waals surface area contributed by atoms with Crippen molar-refractivity contribution in [3.8, 4) is 11.5 Å². The summed E-state index contributed by atoms with van der Waals surface area (Å²) < 4.78 is 69.2. The summed E-state index contributed by atoms with van der Waals surface area (Å²) in [6, 6.07) is 11.1. The highest BCUT2D eigenvalue weighted by molar-refractivity contribution is 6.34. The fourth-order valence-electron chi connectivity index (χ4n) is 3.76. The summed E-state index contributed by atoms with van der Waals surface area (Å²) in [5, 5.41) is 41.7. The zero-order chi connectivity index (χ0) is 36.2.